The number of fused-ring (bicyclic) bond motifs is 1. The topological polar surface area (TPSA) is 58.8 Å². The van der Waals surface area contributed by atoms with Crippen LogP contribution in [-0.4, -0.2) is 15.5 Å². The summed E-state index contributed by atoms with van der Waals surface area (Å²) in [6, 6.07) is 11.4. The molecule has 0 aliphatic carbocycles. The quantitative estimate of drug-likeness (QED) is 0.741. The Hall–Kier alpha value is -2.66. The summed E-state index contributed by atoms with van der Waals surface area (Å²) >= 11 is 5.86. The van der Waals surface area contributed by atoms with E-state index in [0.717, 1.165) is 5.56 Å². The fourth-order valence-electron chi connectivity index (χ4n) is 3.02. The van der Waals surface area contributed by atoms with E-state index in [9.17, 15) is 14.0 Å². The molecule has 134 valence electrons. The largest absolute Gasteiger partial charge is 0.477 e. The molecular weight excluding hydrogens is 357 g/mol. The van der Waals surface area contributed by atoms with Gasteiger partial charge >= 0.3 is 5.97 Å². The molecule has 6 heteroatoms. The Morgan fingerprint density at radius 1 is 1.19 bits per heavy atom. The van der Waals surface area contributed by atoms with Crippen LogP contribution >= 0.6 is 11.6 Å². The van der Waals surface area contributed by atoms with Gasteiger partial charge in [0.25, 0.3) is 5.56 Å². The molecule has 1 aromatic carbocycles. The molecule has 0 aliphatic heterocycles. The molecule has 2 heterocycles. The summed E-state index contributed by atoms with van der Waals surface area (Å²) in [6.45, 7) is 3.86. The number of rotatable bonds is 4. The Bertz CT molecular complexity index is 1070. The SMILES string of the molecule is CC(C)(Cc1cccc(Cl)c1F)c1ccc2ccc(C(=O)O)c(=O)n2c1. The summed E-state index contributed by atoms with van der Waals surface area (Å²) in [6.07, 6.45) is 1.99. The maximum atomic E-state index is 14.3. The Morgan fingerprint density at radius 3 is 2.58 bits per heavy atom. The summed E-state index contributed by atoms with van der Waals surface area (Å²) < 4.78 is 15.6. The third-order valence-corrected chi connectivity index (χ3v) is 4.82. The molecular formula is C20H17ClFNO3. The van der Waals surface area contributed by atoms with Crippen molar-refractivity contribution in [1.82, 2.24) is 4.40 Å². The molecule has 1 N–H and O–H groups in total. The molecule has 0 aliphatic rings. The first-order chi connectivity index (χ1) is 12.2. The van der Waals surface area contributed by atoms with Gasteiger partial charge in [-0.1, -0.05) is 43.6 Å². The number of pyridine rings is 2. The van der Waals surface area contributed by atoms with Gasteiger partial charge in [-0.05, 0) is 47.2 Å². The lowest BCUT2D eigenvalue weighted by molar-refractivity contribution is 0.0695. The van der Waals surface area contributed by atoms with E-state index >= 15 is 0 Å². The molecule has 0 fully saturated rings. The minimum Gasteiger partial charge on any atom is -0.477 e. The zero-order valence-corrected chi connectivity index (χ0v) is 15.0. The van der Waals surface area contributed by atoms with Crippen LogP contribution in [0.3, 0.4) is 0 Å². The van der Waals surface area contributed by atoms with E-state index in [1.54, 1.807) is 30.5 Å². The summed E-state index contributed by atoms with van der Waals surface area (Å²) in [5.41, 5.74) is 0.468. The van der Waals surface area contributed by atoms with Gasteiger partial charge in [0.15, 0.2) is 0 Å². The summed E-state index contributed by atoms with van der Waals surface area (Å²) in [7, 11) is 0. The van der Waals surface area contributed by atoms with Crippen LogP contribution in [0.1, 0.15) is 35.3 Å². The number of hydrogen-bond acceptors (Lipinski definition) is 2. The molecule has 3 rings (SSSR count). The molecule has 0 atom stereocenters. The van der Waals surface area contributed by atoms with Gasteiger partial charge in [-0.25, -0.2) is 9.18 Å². The van der Waals surface area contributed by atoms with Gasteiger partial charge in [-0.3, -0.25) is 9.20 Å². The van der Waals surface area contributed by atoms with E-state index in [0.29, 0.717) is 17.5 Å². The smallest absolute Gasteiger partial charge is 0.341 e. The van der Waals surface area contributed by atoms with Crippen molar-refractivity contribution in [2.24, 2.45) is 0 Å². The zero-order chi connectivity index (χ0) is 19.1. The first kappa shape index (κ1) is 18.1. The standard InChI is InChI=1S/C20H17ClFNO3/c1-20(2,10-12-4-3-5-16(21)17(12)22)13-6-7-14-8-9-15(19(25)26)18(24)23(14)11-13/h3-9,11H,10H2,1-2H3,(H,25,26). The van der Waals surface area contributed by atoms with E-state index in [-0.39, 0.29) is 10.6 Å². The van der Waals surface area contributed by atoms with Gasteiger partial charge in [0, 0.05) is 11.7 Å². The Balaban J connectivity index is 2.08. The molecule has 0 radical (unpaired) electrons. The first-order valence-corrected chi connectivity index (χ1v) is 8.40. The minimum absolute atomic E-state index is 0.0686. The molecule has 0 bridgehead atoms. The van der Waals surface area contributed by atoms with Crippen molar-refractivity contribution in [3.05, 3.63) is 86.5 Å². The zero-order valence-electron chi connectivity index (χ0n) is 14.3. The van der Waals surface area contributed by atoms with Crippen LogP contribution in [0.2, 0.25) is 5.02 Å². The Morgan fingerprint density at radius 2 is 1.88 bits per heavy atom. The van der Waals surface area contributed by atoms with Gasteiger partial charge in [-0.15, -0.1) is 0 Å². The van der Waals surface area contributed by atoms with E-state index in [1.165, 1.54) is 16.5 Å². The highest BCUT2D eigenvalue weighted by Gasteiger charge is 2.24. The second kappa shape index (κ2) is 6.57. The lowest BCUT2D eigenvalue weighted by Gasteiger charge is -2.26. The second-order valence-electron chi connectivity index (χ2n) is 6.84. The number of halogens is 2. The first-order valence-electron chi connectivity index (χ1n) is 8.03. The average molecular weight is 374 g/mol. The fourth-order valence-corrected chi connectivity index (χ4v) is 3.21. The minimum atomic E-state index is -1.27. The van der Waals surface area contributed by atoms with Gasteiger partial charge in [-0.2, -0.15) is 0 Å². The van der Waals surface area contributed by atoms with Crippen molar-refractivity contribution in [3.8, 4) is 0 Å². The average Bonchev–Trinajstić information content (AvgIpc) is 2.58. The maximum Gasteiger partial charge on any atom is 0.341 e. The third kappa shape index (κ3) is 3.22. The van der Waals surface area contributed by atoms with Gasteiger partial charge in [0.1, 0.15) is 11.4 Å². The normalized spacial score (nSPS) is 11.7. The number of carbonyl (C=O) groups is 1. The number of carboxylic acid groups (broad SMARTS) is 1. The maximum absolute atomic E-state index is 14.3. The summed E-state index contributed by atoms with van der Waals surface area (Å²) in [5, 5.41) is 9.21. The van der Waals surface area contributed by atoms with E-state index in [4.69, 9.17) is 16.7 Å². The molecule has 26 heavy (non-hydrogen) atoms. The fraction of sp³-hybridized carbons (Fsp3) is 0.200. The van der Waals surface area contributed by atoms with Gasteiger partial charge in [0.2, 0.25) is 0 Å². The second-order valence-corrected chi connectivity index (χ2v) is 7.25. The highest BCUT2D eigenvalue weighted by Crippen LogP contribution is 2.30. The number of aromatic nitrogens is 1. The Labute approximate surface area is 154 Å². The highest BCUT2D eigenvalue weighted by molar-refractivity contribution is 6.30. The molecule has 0 amide bonds. The number of benzene rings is 1. The lowest BCUT2D eigenvalue weighted by atomic mass is 9.80. The number of carboxylic acids is 1. The van der Waals surface area contributed by atoms with Crippen molar-refractivity contribution >= 4 is 23.1 Å². The Kier molecular flexibility index (Phi) is 4.59. The van der Waals surface area contributed by atoms with Crippen molar-refractivity contribution in [1.29, 1.82) is 0 Å². The molecule has 0 unspecified atom stereocenters. The van der Waals surface area contributed by atoms with Crippen LogP contribution in [0.5, 0.6) is 0 Å². The lowest BCUT2D eigenvalue weighted by Crippen LogP contribution is -2.25. The van der Waals surface area contributed by atoms with E-state index in [2.05, 4.69) is 0 Å². The van der Waals surface area contributed by atoms with Gasteiger partial charge in [0.05, 0.1) is 5.02 Å². The molecule has 4 nitrogen and oxygen atoms in total. The van der Waals surface area contributed by atoms with E-state index in [1.807, 2.05) is 19.9 Å². The van der Waals surface area contributed by atoms with Crippen LogP contribution in [0.25, 0.3) is 5.52 Å². The summed E-state index contributed by atoms with van der Waals surface area (Å²) in [5.74, 6) is -1.72. The molecule has 2 aromatic heterocycles. The number of hydrogen-bond donors (Lipinski definition) is 1. The molecule has 3 aromatic rings. The van der Waals surface area contributed by atoms with Crippen molar-refractivity contribution in [2.45, 2.75) is 25.7 Å². The third-order valence-electron chi connectivity index (χ3n) is 4.53. The van der Waals surface area contributed by atoms with Crippen LogP contribution in [0.15, 0.2) is 53.5 Å². The molecule has 0 saturated heterocycles. The predicted molar refractivity (Wildman–Crippen MR) is 98.8 cm³/mol. The van der Waals surface area contributed by atoms with Crippen molar-refractivity contribution in [2.75, 3.05) is 0 Å². The van der Waals surface area contributed by atoms with Crippen LogP contribution in [0.4, 0.5) is 4.39 Å². The molecule has 0 saturated carbocycles. The highest BCUT2D eigenvalue weighted by atomic mass is 35.5. The summed E-state index contributed by atoms with van der Waals surface area (Å²) in [4.78, 5) is 23.6. The predicted octanol–water partition coefficient (Wildman–Crippen LogP) is 4.31. The number of aromatic carboxylic acids is 1. The van der Waals surface area contributed by atoms with Crippen molar-refractivity contribution in [3.63, 3.8) is 0 Å². The molecule has 0 spiro atoms. The van der Waals surface area contributed by atoms with Crippen LogP contribution in [-0.2, 0) is 11.8 Å². The van der Waals surface area contributed by atoms with Crippen LogP contribution in [0, 0.1) is 5.82 Å². The van der Waals surface area contributed by atoms with Crippen molar-refractivity contribution < 1.29 is 14.3 Å². The van der Waals surface area contributed by atoms with Gasteiger partial charge < -0.3 is 5.11 Å². The number of nitrogens with zero attached hydrogens (tertiary/aromatic N) is 1. The van der Waals surface area contributed by atoms with E-state index < -0.39 is 22.8 Å². The van der Waals surface area contributed by atoms with Crippen LogP contribution < -0.4 is 5.56 Å². The monoisotopic (exact) mass is 373 g/mol.